The number of hydrogen-bond donors (Lipinski definition) is 1. The number of carbonyl (C=O) groups is 1. The molecule has 0 atom stereocenters. The van der Waals surface area contributed by atoms with E-state index in [1.54, 1.807) is 27.4 Å². The Bertz CT molecular complexity index is 1720. The van der Waals surface area contributed by atoms with E-state index in [9.17, 15) is 14.4 Å². The van der Waals surface area contributed by atoms with Crippen molar-refractivity contribution in [1.82, 2.24) is 24.6 Å². The van der Waals surface area contributed by atoms with E-state index in [0.29, 0.717) is 28.7 Å². The van der Waals surface area contributed by atoms with Crippen LogP contribution in [-0.4, -0.2) is 38.9 Å². The van der Waals surface area contributed by atoms with Gasteiger partial charge in [-0.2, -0.15) is 5.10 Å². The van der Waals surface area contributed by atoms with Crippen molar-refractivity contribution >= 4 is 27.9 Å². The van der Waals surface area contributed by atoms with Crippen molar-refractivity contribution in [2.45, 2.75) is 20.0 Å². The summed E-state index contributed by atoms with van der Waals surface area (Å²) in [6, 6.07) is 14.5. The zero-order chi connectivity index (χ0) is 25.2. The minimum absolute atomic E-state index is 0.113. The summed E-state index contributed by atoms with van der Waals surface area (Å²) in [5, 5.41) is 7.93. The van der Waals surface area contributed by atoms with Gasteiger partial charge in [-0.15, -0.1) is 0 Å². The second-order valence-corrected chi connectivity index (χ2v) is 8.29. The monoisotopic (exact) mass is 485 g/mol. The van der Waals surface area contributed by atoms with Crippen LogP contribution >= 0.6 is 0 Å². The molecule has 3 aromatic heterocycles. The molecule has 0 fully saturated rings. The van der Waals surface area contributed by atoms with Crippen LogP contribution in [0, 0.1) is 6.92 Å². The predicted octanol–water partition coefficient (Wildman–Crippen LogP) is 2.49. The highest BCUT2D eigenvalue weighted by atomic mass is 16.5. The van der Waals surface area contributed by atoms with E-state index in [4.69, 9.17) is 9.15 Å². The summed E-state index contributed by atoms with van der Waals surface area (Å²) in [7, 11) is 1.47. The predicted molar refractivity (Wildman–Crippen MR) is 133 cm³/mol. The van der Waals surface area contributed by atoms with E-state index in [0.717, 1.165) is 11.1 Å². The first kappa shape index (κ1) is 23.0. The molecular formula is C26H23N5O5. The number of para-hydroxylation sites is 1. The van der Waals surface area contributed by atoms with Gasteiger partial charge in [-0.1, -0.05) is 36.4 Å². The van der Waals surface area contributed by atoms with Crippen molar-refractivity contribution in [2.75, 3.05) is 13.7 Å². The molecule has 5 aromatic rings. The van der Waals surface area contributed by atoms with Crippen LogP contribution in [0.2, 0.25) is 0 Å². The van der Waals surface area contributed by atoms with E-state index >= 15 is 0 Å². The molecule has 1 amide bonds. The van der Waals surface area contributed by atoms with Crippen LogP contribution in [0.4, 0.5) is 0 Å². The van der Waals surface area contributed by atoms with Gasteiger partial charge in [0.2, 0.25) is 0 Å². The molecule has 1 N–H and O–H groups in total. The van der Waals surface area contributed by atoms with Crippen molar-refractivity contribution in [3.8, 4) is 5.75 Å². The van der Waals surface area contributed by atoms with Crippen LogP contribution in [0.5, 0.6) is 5.75 Å². The van der Waals surface area contributed by atoms with E-state index in [-0.39, 0.29) is 29.8 Å². The number of benzene rings is 2. The minimum atomic E-state index is -0.759. The third kappa shape index (κ3) is 4.24. The first-order chi connectivity index (χ1) is 17.5. The zero-order valence-electron chi connectivity index (χ0n) is 19.7. The fourth-order valence-corrected chi connectivity index (χ4v) is 4.05. The number of hydrogen-bond acceptors (Lipinski definition) is 7. The molecule has 0 bridgehead atoms. The average molecular weight is 486 g/mol. The van der Waals surface area contributed by atoms with Gasteiger partial charge in [0.15, 0.2) is 17.0 Å². The molecule has 10 heteroatoms. The molecule has 182 valence electrons. The normalized spacial score (nSPS) is 11.2. The number of aromatic nitrogens is 4. The molecule has 0 saturated carbocycles. The van der Waals surface area contributed by atoms with Crippen molar-refractivity contribution in [2.24, 2.45) is 0 Å². The number of amides is 1. The maximum Gasteiger partial charge on any atom is 0.349 e. The lowest BCUT2D eigenvalue weighted by Gasteiger charge is -2.09. The Hall–Kier alpha value is -4.73. The fraction of sp³-hybridized carbons (Fsp3) is 0.192. The number of rotatable bonds is 7. The maximum atomic E-state index is 13.0. The maximum absolute atomic E-state index is 13.0. The van der Waals surface area contributed by atoms with Crippen LogP contribution in [-0.2, 0) is 13.1 Å². The van der Waals surface area contributed by atoms with Gasteiger partial charge >= 0.3 is 5.63 Å². The minimum Gasteiger partial charge on any atom is -0.493 e. The summed E-state index contributed by atoms with van der Waals surface area (Å²) in [5.41, 5.74) is 1.77. The quantitative estimate of drug-likeness (QED) is 0.352. The summed E-state index contributed by atoms with van der Waals surface area (Å²) >= 11 is 0. The summed E-state index contributed by atoms with van der Waals surface area (Å²) in [6.07, 6.45) is 2.98. The molecule has 10 nitrogen and oxygen atoms in total. The van der Waals surface area contributed by atoms with Crippen molar-refractivity contribution in [3.05, 3.63) is 98.5 Å². The van der Waals surface area contributed by atoms with Crippen LogP contribution in [0.1, 0.15) is 21.5 Å². The SMILES string of the molecule is COc1cccc2cc(C(=O)NCCn3ncc4c(=O)n(Cc5ccccc5C)cnc43)c(=O)oc12. The third-order valence-corrected chi connectivity index (χ3v) is 6.02. The Morgan fingerprint density at radius 1 is 1.14 bits per heavy atom. The van der Waals surface area contributed by atoms with E-state index in [1.165, 1.54) is 25.7 Å². The first-order valence-corrected chi connectivity index (χ1v) is 11.3. The van der Waals surface area contributed by atoms with Crippen LogP contribution < -0.4 is 21.2 Å². The largest absolute Gasteiger partial charge is 0.493 e. The Kier molecular flexibility index (Phi) is 6.07. The van der Waals surface area contributed by atoms with Crippen LogP contribution in [0.3, 0.4) is 0 Å². The van der Waals surface area contributed by atoms with Gasteiger partial charge in [-0.05, 0) is 30.2 Å². The number of fused-ring (bicyclic) bond motifs is 2. The number of nitrogens with one attached hydrogen (secondary N) is 1. The van der Waals surface area contributed by atoms with Crippen molar-refractivity contribution in [3.63, 3.8) is 0 Å². The van der Waals surface area contributed by atoms with E-state index in [2.05, 4.69) is 15.4 Å². The van der Waals surface area contributed by atoms with Gasteiger partial charge in [0, 0.05) is 11.9 Å². The highest BCUT2D eigenvalue weighted by Gasteiger charge is 2.16. The van der Waals surface area contributed by atoms with E-state index < -0.39 is 11.5 Å². The van der Waals surface area contributed by atoms with Gasteiger partial charge in [-0.25, -0.2) is 14.5 Å². The Morgan fingerprint density at radius 3 is 2.78 bits per heavy atom. The molecule has 0 aliphatic rings. The number of aryl methyl sites for hydroxylation is 1. The molecule has 0 aliphatic heterocycles. The number of nitrogens with zero attached hydrogens (tertiary/aromatic N) is 4. The summed E-state index contributed by atoms with van der Waals surface area (Å²) in [4.78, 5) is 42.4. The number of ether oxygens (including phenoxy) is 1. The topological polar surface area (TPSA) is 121 Å². The molecule has 0 radical (unpaired) electrons. The molecule has 36 heavy (non-hydrogen) atoms. The summed E-state index contributed by atoms with van der Waals surface area (Å²) in [5.74, 6) is -0.161. The zero-order valence-corrected chi connectivity index (χ0v) is 19.7. The van der Waals surface area contributed by atoms with Crippen molar-refractivity contribution in [1.29, 1.82) is 0 Å². The van der Waals surface area contributed by atoms with Crippen molar-refractivity contribution < 1.29 is 13.9 Å². The van der Waals surface area contributed by atoms with Gasteiger partial charge in [0.05, 0.1) is 26.4 Å². The third-order valence-electron chi connectivity index (χ3n) is 6.02. The first-order valence-electron chi connectivity index (χ1n) is 11.3. The molecule has 0 saturated heterocycles. The molecule has 0 aliphatic carbocycles. The fourth-order valence-electron chi connectivity index (χ4n) is 4.05. The van der Waals surface area contributed by atoms with Gasteiger partial charge in [0.25, 0.3) is 11.5 Å². The molecule has 0 spiro atoms. The highest BCUT2D eigenvalue weighted by molar-refractivity contribution is 5.97. The van der Waals surface area contributed by atoms with E-state index in [1.807, 2.05) is 31.2 Å². The van der Waals surface area contributed by atoms with Crippen LogP contribution in [0.25, 0.3) is 22.0 Å². The molecule has 5 rings (SSSR count). The van der Waals surface area contributed by atoms with Gasteiger partial charge in [0.1, 0.15) is 17.3 Å². The molecule has 2 aromatic carbocycles. The number of carbonyl (C=O) groups excluding carboxylic acids is 1. The Morgan fingerprint density at radius 2 is 1.97 bits per heavy atom. The lowest BCUT2D eigenvalue weighted by Crippen LogP contribution is -2.31. The Labute approximate surface area is 204 Å². The molecular weight excluding hydrogens is 462 g/mol. The lowest BCUT2D eigenvalue weighted by atomic mass is 10.1. The number of methoxy groups -OCH3 is 1. The van der Waals surface area contributed by atoms with Crippen LogP contribution in [0.15, 0.2) is 75.1 Å². The summed E-state index contributed by atoms with van der Waals surface area (Å²) < 4.78 is 13.6. The standard InChI is InChI=1S/C26H23N5O5/c1-16-6-3-4-7-18(16)14-30-15-28-23-20(25(30)33)13-29-31(23)11-10-27-24(32)19-12-17-8-5-9-21(35-2)22(17)36-26(19)34/h3-9,12-13,15H,10-11,14H2,1-2H3,(H,27,32). The molecule has 3 heterocycles. The highest BCUT2D eigenvalue weighted by Crippen LogP contribution is 2.24. The smallest absolute Gasteiger partial charge is 0.349 e. The summed E-state index contributed by atoms with van der Waals surface area (Å²) in [6.45, 7) is 2.84. The Balaban J connectivity index is 1.30. The van der Waals surface area contributed by atoms with Gasteiger partial charge in [-0.3, -0.25) is 14.2 Å². The lowest BCUT2D eigenvalue weighted by molar-refractivity contribution is 0.0948. The second-order valence-electron chi connectivity index (χ2n) is 8.29. The average Bonchev–Trinajstić information content (AvgIpc) is 3.29. The van der Waals surface area contributed by atoms with Gasteiger partial charge < -0.3 is 14.5 Å². The second kappa shape index (κ2) is 9.49. The molecule has 0 unspecified atom stereocenters.